The summed E-state index contributed by atoms with van der Waals surface area (Å²) in [6, 6.07) is 5.93. The predicted octanol–water partition coefficient (Wildman–Crippen LogP) is 4.08. The van der Waals surface area contributed by atoms with Crippen molar-refractivity contribution in [1.29, 1.82) is 0 Å². The lowest BCUT2D eigenvalue weighted by Crippen LogP contribution is -2.49. The third-order valence-electron chi connectivity index (χ3n) is 5.35. The van der Waals surface area contributed by atoms with Gasteiger partial charge in [0.15, 0.2) is 5.96 Å². The Morgan fingerprint density at radius 3 is 2.41 bits per heavy atom. The Balaban J connectivity index is 0.00000420. The first-order valence-corrected chi connectivity index (χ1v) is 10.7. The zero-order chi connectivity index (χ0) is 20.5. The summed E-state index contributed by atoms with van der Waals surface area (Å²) >= 11 is 0. The van der Waals surface area contributed by atoms with E-state index in [-0.39, 0.29) is 29.8 Å². The highest BCUT2D eigenvalue weighted by Gasteiger charge is 2.20. The quantitative estimate of drug-likeness (QED) is 0.309. The van der Waals surface area contributed by atoms with Crippen molar-refractivity contribution in [3.8, 4) is 0 Å². The zero-order valence-electron chi connectivity index (χ0n) is 18.7. The number of anilines is 1. The van der Waals surface area contributed by atoms with E-state index in [9.17, 15) is 4.39 Å². The Morgan fingerprint density at radius 2 is 1.90 bits per heavy atom. The molecule has 0 amide bonds. The third-order valence-corrected chi connectivity index (χ3v) is 5.35. The molecule has 1 aliphatic heterocycles. The molecule has 1 saturated heterocycles. The van der Waals surface area contributed by atoms with E-state index in [1.165, 1.54) is 6.54 Å². The van der Waals surface area contributed by atoms with Crippen molar-refractivity contribution in [2.75, 3.05) is 44.7 Å². The maximum absolute atomic E-state index is 14.5. The number of aliphatic imine (C=N–C) groups is 1. The maximum Gasteiger partial charge on any atom is 0.191 e. The number of benzene rings is 1. The van der Waals surface area contributed by atoms with Crippen LogP contribution in [0.1, 0.15) is 46.1 Å². The van der Waals surface area contributed by atoms with E-state index < -0.39 is 0 Å². The molecule has 0 radical (unpaired) electrons. The summed E-state index contributed by atoms with van der Waals surface area (Å²) in [7, 11) is 1.79. The average Bonchev–Trinajstić information content (AvgIpc) is 2.68. The number of likely N-dealkylation sites (tertiary alicyclic amines) is 1. The summed E-state index contributed by atoms with van der Waals surface area (Å²) in [5, 5.41) is 6.85. The molecule has 7 heteroatoms. The fourth-order valence-electron chi connectivity index (χ4n) is 3.83. The average molecular weight is 519 g/mol. The van der Waals surface area contributed by atoms with Gasteiger partial charge in [0, 0.05) is 52.4 Å². The Labute approximate surface area is 193 Å². The highest BCUT2D eigenvalue weighted by Crippen LogP contribution is 2.20. The lowest BCUT2D eigenvalue weighted by Gasteiger charge is -2.34. The van der Waals surface area contributed by atoms with Gasteiger partial charge in [-0.25, -0.2) is 4.39 Å². The molecule has 1 fully saturated rings. The lowest BCUT2D eigenvalue weighted by molar-refractivity contribution is 0.187. The van der Waals surface area contributed by atoms with Crippen molar-refractivity contribution in [2.45, 2.75) is 53.1 Å². The van der Waals surface area contributed by atoms with Gasteiger partial charge in [0.05, 0.1) is 5.69 Å². The maximum atomic E-state index is 14.5. The molecule has 0 bridgehead atoms. The van der Waals surface area contributed by atoms with Crippen LogP contribution in [0.25, 0.3) is 0 Å². The van der Waals surface area contributed by atoms with E-state index in [2.05, 4.69) is 34.4 Å². The molecule has 1 aliphatic rings. The number of halogens is 2. The summed E-state index contributed by atoms with van der Waals surface area (Å²) in [5.41, 5.74) is 1.59. The molecule has 1 aromatic carbocycles. The lowest BCUT2D eigenvalue weighted by atomic mass is 10.0. The first kappa shape index (κ1) is 25.9. The summed E-state index contributed by atoms with van der Waals surface area (Å²) in [6.07, 6.45) is 2.25. The molecule has 0 saturated carbocycles. The van der Waals surface area contributed by atoms with Crippen molar-refractivity contribution < 1.29 is 4.39 Å². The first-order chi connectivity index (χ1) is 13.5. The largest absolute Gasteiger partial charge is 0.370 e. The Hall–Kier alpha value is -1.09. The molecule has 0 aromatic heterocycles. The van der Waals surface area contributed by atoms with E-state index in [1.54, 1.807) is 13.1 Å². The molecule has 29 heavy (non-hydrogen) atoms. The monoisotopic (exact) mass is 519 g/mol. The molecular weight excluding hydrogens is 480 g/mol. The van der Waals surface area contributed by atoms with Crippen LogP contribution in [0.4, 0.5) is 10.1 Å². The Morgan fingerprint density at radius 1 is 1.24 bits per heavy atom. The number of guanidine groups is 1. The molecule has 1 heterocycles. The van der Waals surface area contributed by atoms with Gasteiger partial charge in [0.1, 0.15) is 5.82 Å². The van der Waals surface area contributed by atoms with Crippen LogP contribution in [0.5, 0.6) is 0 Å². The van der Waals surface area contributed by atoms with Crippen LogP contribution in [0, 0.1) is 11.7 Å². The Bertz CT molecular complexity index is 626. The standard InChI is InChI=1S/C22H38FN5.HI/c1-6-28(7-2)21-9-8-18(14-20(21)23)15-25-22(24-5)26-19-10-12-27(13-11-19)16-17(3)4;/h8-9,14,17,19H,6-7,10-13,15-16H2,1-5H3,(H2,24,25,26);1H. The van der Waals surface area contributed by atoms with Gasteiger partial charge in [0.25, 0.3) is 0 Å². The van der Waals surface area contributed by atoms with Crippen molar-refractivity contribution in [3.63, 3.8) is 0 Å². The minimum Gasteiger partial charge on any atom is -0.370 e. The summed E-state index contributed by atoms with van der Waals surface area (Å²) in [4.78, 5) is 8.91. The topological polar surface area (TPSA) is 42.9 Å². The molecule has 1 aromatic rings. The zero-order valence-corrected chi connectivity index (χ0v) is 21.0. The number of piperidine rings is 1. The molecule has 2 rings (SSSR count). The van der Waals surface area contributed by atoms with Crippen LogP contribution in [-0.4, -0.2) is 56.7 Å². The number of hydrogen-bond acceptors (Lipinski definition) is 3. The van der Waals surface area contributed by atoms with E-state index in [0.29, 0.717) is 24.2 Å². The summed E-state index contributed by atoms with van der Waals surface area (Å²) < 4.78 is 14.5. The predicted molar refractivity (Wildman–Crippen MR) is 133 cm³/mol. The Kier molecular flexibility index (Phi) is 11.9. The van der Waals surface area contributed by atoms with Gasteiger partial charge in [-0.15, -0.1) is 24.0 Å². The van der Waals surface area contributed by atoms with Crippen molar-refractivity contribution in [2.24, 2.45) is 10.9 Å². The van der Waals surface area contributed by atoms with Crippen LogP contribution in [0.3, 0.4) is 0 Å². The van der Waals surface area contributed by atoms with Gasteiger partial charge < -0.3 is 20.4 Å². The van der Waals surface area contributed by atoms with Gasteiger partial charge in [0.2, 0.25) is 0 Å². The number of nitrogens with one attached hydrogen (secondary N) is 2. The van der Waals surface area contributed by atoms with Gasteiger partial charge in [-0.2, -0.15) is 0 Å². The van der Waals surface area contributed by atoms with E-state index in [0.717, 1.165) is 50.5 Å². The second-order valence-electron chi connectivity index (χ2n) is 8.00. The van der Waals surface area contributed by atoms with Gasteiger partial charge in [-0.3, -0.25) is 4.99 Å². The molecule has 0 unspecified atom stereocenters. The van der Waals surface area contributed by atoms with Gasteiger partial charge >= 0.3 is 0 Å². The van der Waals surface area contributed by atoms with E-state index >= 15 is 0 Å². The van der Waals surface area contributed by atoms with Crippen LogP contribution < -0.4 is 15.5 Å². The summed E-state index contributed by atoms with van der Waals surface area (Å²) in [6.45, 7) is 14.2. The molecule has 0 spiro atoms. The fraction of sp³-hybridized carbons (Fsp3) is 0.682. The second-order valence-corrected chi connectivity index (χ2v) is 8.00. The highest BCUT2D eigenvalue weighted by atomic mass is 127. The molecule has 5 nitrogen and oxygen atoms in total. The highest BCUT2D eigenvalue weighted by molar-refractivity contribution is 14.0. The molecule has 2 N–H and O–H groups in total. The fourth-order valence-corrected chi connectivity index (χ4v) is 3.83. The molecule has 166 valence electrons. The minimum absolute atomic E-state index is 0. The minimum atomic E-state index is -0.163. The number of rotatable bonds is 8. The van der Waals surface area contributed by atoms with Crippen LogP contribution in [0.15, 0.2) is 23.2 Å². The van der Waals surface area contributed by atoms with Crippen LogP contribution in [-0.2, 0) is 6.54 Å². The molecular formula is C22H39FIN5. The first-order valence-electron chi connectivity index (χ1n) is 10.7. The molecule has 0 aliphatic carbocycles. The van der Waals surface area contributed by atoms with E-state index in [4.69, 9.17) is 0 Å². The third kappa shape index (κ3) is 8.28. The molecule has 0 atom stereocenters. The number of hydrogen-bond donors (Lipinski definition) is 2. The second kappa shape index (κ2) is 13.3. The smallest absolute Gasteiger partial charge is 0.191 e. The SMILES string of the molecule is CCN(CC)c1ccc(CNC(=NC)NC2CCN(CC(C)C)CC2)cc1F.I. The van der Waals surface area contributed by atoms with Gasteiger partial charge in [-0.05, 0) is 50.3 Å². The summed E-state index contributed by atoms with van der Waals surface area (Å²) in [5.74, 6) is 1.34. The normalized spacial score (nSPS) is 15.9. The van der Waals surface area contributed by atoms with Gasteiger partial charge in [-0.1, -0.05) is 19.9 Å². The van der Waals surface area contributed by atoms with Crippen LogP contribution >= 0.6 is 24.0 Å². The van der Waals surface area contributed by atoms with Crippen molar-refractivity contribution >= 4 is 35.6 Å². The van der Waals surface area contributed by atoms with Crippen LogP contribution in [0.2, 0.25) is 0 Å². The van der Waals surface area contributed by atoms with Crippen molar-refractivity contribution in [1.82, 2.24) is 15.5 Å². The van der Waals surface area contributed by atoms with Crippen molar-refractivity contribution in [3.05, 3.63) is 29.6 Å². The van der Waals surface area contributed by atoms with E-state index in [1.807, 2.05) is 30.9 Å². The number of nitrogens with zero attached hydrogens (tertiary/aromatic N) is 3.